The molecule has 0 fully saturated rings. The molecule has 1 aromatic rings. The van der Waals surface area contributed by atoms with Gasteiger partial charge in [-0.05, 0) is 38.0 Å². The molecule has 4 heteroatoms. The monoisotopic (exact) mass is 238 g/mol. The number of hydrogen-bond acceptors (Lipinski definition) is 1. The zero-order valence-corrected chi connectivity index (χ0v) is 10.5. The van der Waals surface area contributed by atoms with Crippen LogP contribution in [0.15, 0.2) is 24.3 Å². The first kappa shape index (κ1) is 13.5. The Balaban J connectivity index is 2.67. The second kappa shape index (κ2) is 5.66. The highest BCUT2D eigenvalue weighted by molar-refractivity contribution is 5.74. The largest absolute Gasteiger partial charge is 0.338 e. The van der Waals surface area contributed by atoms with Crippen molar-refractivity contribution in [1.82, 2.24) is 10.6 Å². The van der Waals surface area contributed by atoms with Crippen LogP contribution in [0.25, 0.3) is 0 Å². The molecule has 17 heavy (non-hydrogen) atoms. The molecule has 0 aliphatic heterocycles. The molecule has 3 nitrogen and oxygen atoms in total. The van der Waals surface area contributed by atoms with Crippen molar-refractivity contribution in [3.05, 3.63) is 35.6 Å². The van der Waals surface area contributed by atoms with Gasteiger partial charge in [-0.1, -0.05) is 19.1 Å². The number of hydrogen-bond donors (Lipinski definition) is 2. The molecule has 2 amide bonds. The van der Waals surface area contributed by atoms with Crippen LogP contribution < -0.4 is 10.6 Å². The number of nitrogens with one attached hydrogen (secondary N) is 2. The summed E-state index contributed by atoms with van der Waals surface area (Å²) < 4.78 is 12.8. The Kier molecular flexibility index (Phi) is 4.49. The maximum absolute atomic E-state index is 12.8. The molecule has 0 bridgehead atoms. The molecular weight excluding hydrogens is 219 g/mol. The third kappa shape index (κ3) is 4.06. The van der Waals surface area contributed by atoms with Crippen LogP contribution in [0.2, 0.25) is 0 Å². The van der Waals surface area contributed by atoms with Crippen LogP contribution in [0.4, 0.5) is 9.18 Å². The van der Waals surface area contributed by atoms with E-state index in [0.29, 0.717) is 6.54 Å². The molecule has 0 aliphatic rings. The Labute approximate surface area is 101 Å². The van der Waals surface area contributed by atoms with E-state index in [1.165, 1.54) is 12.1 Å². The minimum absolute atomic E-state index is 0.207. The average molecular weight is 238 g/mol. The van der Waals surface area contributed by atoms with Gasteiger partial charge in [-0.15, -0.1) is 0 Å². The van der Waals surface area contributed by atoms with Gasteiger partial charge >= 0.3 is 6.03 Å². The normalized spacial score (nSPS) is 11.1. The number of halogens is 1. The maximum atomic E-state index is 12.8. The predicted molar refractivity (Wildman–Crippen MR) is 66.3 cm³/mol. The standard InChI is InChI=1S/C13H19FN2O/c1-4-9-15-12(17)16-13(2,3)10-5-7-11(14)8-6-10/h5-8H,4,9H2,1-3H3,(H2,15,16,17). The molecule has 94 valence electrons. The van der Waals surface area contributed by atoms with E-state index < -0.39 is 5.54 Å². The number of amides is 2. The third-order valence-electron chi connectivity index (χ3n) is 2.53. The first-order chi connectivity index (χ1) is 7.95. The van der Waals surface area contributed by atoms with Gasteiger partial charge < -0.3 is 10.6 Å². The van der Waals surface area contributed by atoms with Crippen molar-refractivity contribution < 1.29 is 9.18 Å². The van der Waals surface area contributed by atoms with Crippen LogP contribution in [0.5, 0.6) is 0 Å². The molecule has 0 aliphatic carbocycles. The van der Waals surface area contributed by atoms with Crippen molar-refractivity contribution in [3.8, 4) is 0 Å². The molecule has 0 spiro atoms. The van der Waals surface area contributed by atoms with Gasteiger partial charge in [-0.2, -0.15) is 0 Å². The van der Waals surface area contributed by atoms with Gasteiger partial charge in [0.05, 0.1) is 5.54 Å². The Hall–Kier alpha value is -1.58. The Bertz CT molecular complexity index is 374. The van der Waals surface area contributed by atoms with E-state index >= 15 is 0 Å². The molecule has 2 N–H and O–H groups in total. The van der Waals surface area contributed by atoms with Gasteiger partial charge in [-0.25, -0.2) is 9.18 Å². The quantitative estimate of drug-likeness (QED) is 0.832. The smallest absolute Gasteiger partial charge is 0.315 e. The highest BCUT2D eigenvalue weighted by Crippen LogP contribution is 2.19. The van der Waals surface area contributed by atoms with Gasteiger partial charge in [0.25, 0.3) is 0 Å². The lowest BCUT2D eigenvalue weighted by molar-refractivity contribution is 0.230. The van der Waals surface area contributed by atoms with Crippen molar-refractivity contribution in [2.45, 2.75) is 32.7 Å². The van der Waals surface area contributed by atoms with E-state index in [4.69, 9.17) is 0 Å². The summed E-state index contributed by atoms with van der Waals surface area (Å²) in [6.07, 6.45) is 0.893. The Morgan fingerprint density at radius 1 is 1.29 bits per heavy atom. The van der Waals surface area contributed by atoms with Crippen LogP contribution in [-0.2, 0) is 5.54 Å². The highest BCUT2D eigenvalue weighted by atomic mass is 19.1. The summed E-state index contributed by atoms with van der Waals surface area (Å²) in [5.41, 5.74) is 0.344. The fourth-order valence-corrected chi connectivity index (χ4v) is 1.51. The minimum atomic E-state index is -0.522. The summed E-state index contributed by atoms with van der Waals surface area (Å²) in [5, 5.41) is 5.60. The van der Waals surface area contributed by atoms with Crippen LogP contribution >= 0.6 is 0 Å². The van der Waals surface area contributed by atoms with E-state index in [0.717, 1.165) is 12.0 Å². The number of carbonyl (C=O) groups is 1. The molecule has 0 heterocycles. The van der Waals surface area contributed by atoms with Gasteiger partial charge in [0.15, 0.2) is 0 Å². The summed E-state index contributed by atoms with van der Waals surface area (Å²) in [6.45, 7) is 6.40. The molecule has 1 rings (SSSR count). The number of benzene rings is 1. The molecular formula is C13H19FN2O. The van der Waals surface area contributed by atoms with Gasteiger partial charge in [0.2, 0.25) is 0 Å². The first-order valence-electron chi connectivity index (χ1n) is 5.78. The van der Waals surface area contributed by atoms with Crippen LogP contribution in [0.3, 0.4) is 0 Å². The molecule has 0 unspecified atom stereocenters. The lowest BCUT2D eigenvalue weighted by Gasteiger charge is -2.27. The Morgan fingerprint density at radius 2 is 1.88 bits per heavy atom. The van der Waals surface area contributed by atoms with Crippen molar-refractivity contribution in [1.29, 1.82) is 0 Å². The lowest BCUT2D eigenvalue weighted by Crippen LogP contribution is -2.46. The van der Waals surface area contributed by atoms with Crippen LogP contribution in [-0.4, -0.2) is 12.6 Å². The number of urea groups is 1. The van der Waals surface area contributed by atoms with Crippen molar-refractivity contribution in [2.75, 3.05) is 6.54 Å². The first-order valence-corrected chi connectivity index (χ1v) is 5.78. The summed E-state index contributed by atoms with van der Waals surface area (Å²) in [4.78, 5) is 11.6. The average Bonchev–Trinajstić information content (AvgIpc) is 2.26. The van der Waals surface area contributed by atoms with E-state index in [1.807, 2.05) is 20.8 Å². The summed E-state index contributed by atoms with van der Waals surface area (Å²) in [5.74, 6) is -0.278. The maximum Gasteiger partial charge on any atom is 0.315 e. The lowest BCUT2D eigenvalue weighted by atomic mass is 9.94. The summed E-state index contributed by atoms with van der Waals surface area (Å²) in [6, 6.07) is 5.93. The minimum Gasteiger partial charge on any atom is -0.338 e. The van der Waals surface area contributed by atoms with Gasteiger partial charge in [-0.3, -0.25) is 0 Å². The third-order valence-corrected chi connectivity index (χ3v) is 2.53. The molecule has 0 radical (unpaired) electrons. The van der Waals surface area contributed by atoms with E-state index in [2.05, 4.69) is 10.6 Å². The summed E-state index contributed by atoms with van der Waals surface area (Å²) in [7, 11) is 0. The van der Waals surface area contributed by atoms with Gasteiger partial charge in [0, 0.05) is 6.54 Å². The van der Waals surface area contributed by atoms with E-state index in [-0.39, 0.29) is 11.8 Å². The van der Waals surface area contributed by atoms with E-state index in [1.54, 1.807) is 12.1 Å². The fraction of sp³-hybridized carbons (Fsp3) is 0.462. The number of carbonyl (C=O) groups excluding carboxylic acids is 1. The summed E-state index contributed by atoms with van der Waals surface area (Å²) >= 11 is 0. The second-order valence-electron chi connectivity index (χ2n) is 4.51. The second-order valence-corrected chi connectivity index (χ2v) is 4.51. The topological polar surface area (TPSA) is 41.1 Å². The SMILES string of the molecule is CCCNC(=O)NC(C)(C)c1ccc(F)cc1. The molecule has 0 saturated heterocycles. The number of rotatable bonds is 4. The predicted octanol–water partition coefficient (Wildman–Crippen LogP) is 2.77. The molecule has 0 saturated carbocycles. The fourth-order valence-electron chi connectivity index (χ4n) is 1.51. The van der Waals surface area contributed by atoms with Crippen molar-refractivity contribution in [2.24, 2.45) is 0 Å². The molecule has 1 aromatic carbocycles. The van der Waals surface area contributed by atoms with Crippen LogP contribution in [0, 0.1) is 5.82 Å². The zero-order chi connectivity index (χ0) is 12.9. The molecule has 0 aromatic heterocycles. The zero-order valence-electron chi connectivity index (χ0n) is 10.5. The van der Waals surface area contributed by atoms with E-state index in [9.17, 15) is 9.18 Å². The van der Waals surface area contributed by atoms with Crippen LogP contribution in [0.1, 0.15) is 32.8 Å². The van der Waals surface area contributed by atoms with Crippen molar-refractivity contribution in [3.63, 3.8) is 0 Å². The molecule has 0 atom stereocenters. The highest BCUT2D eigenvalue weighted by Gasteiger charge is 2.22. The van der Waals surface area contributed by atoms with Gasteiger partial charge in [0.1, 0.15) is 5.82 Å². The Morgan fingerprint density at radius 3 is 2.41 bits per heavy atom. The van der Waals surface area contributed by atoms with Crippen molar-refractivity contribution >= 4 is 6.03 Å².